The van der Waals surface area contributed by atoms with E-state index in [-0.39, 0.29) is 0 Å². The van der Waals surface area contributed by atoms with E-state index in [2.05, 4.69) is 340 Å². The molecule has 528 valence electrons. The molecule has 0 aliphatic carbocycles. The predicted octanol–water partition coefficient (Wildman–Crippen LogP) is 29.2. The zero-order chi connectivity index (χ0) is 74.7. The van der Waals surface area contributed by atoms with E-state index in [1.165, 1.54) is 116 Å². The first-order chi connectivity index (χ1) is 56.0. The Labute approximate surface area is 664 Å². The summed E-state index contributed by atoms with van der Waals surface area (Å²) in [6.45, 7) is 0. The lowest BCUT2D eigenvalue weighted by Crippen LogP contribution is -1.96. The number of aromatic nitrogens is 6. The monoisotopic (exact) mass is 1490 g/mol. The minimum Gasteiger partial charge on any atom is -0.246 e. The van der Waals surface area contributed by atoms with Crippen LogP contribution in [0.25, 0.3) is 217 Å². The van der Waals surface area contributed by atoms with Crippen molar-refractivity contribution in [1.82, 2.24) is 29.9 Å². The smallest absolute Gasteiger partial charge is 0.160 e. The van der Waals surface area contributed by atoms with E-state index < -0.39 is 0 Å². The van der Waals surface area contributed by atoms with Crippen molar-refractivity contribution >= 4 is 116 Å². The lowest BCUT2D eigenvalue weighted by Gasteiger charge is -2.12. The molecule has 0 fully saturated rings. The number of nitrogens with zero attached hydrogens (tertiary/aromatic N) is 6. The highest BCUT2D eigenvalue weighted by Gasteiger charge is 2.23. The second kappa shape index (κ2) is 28.7. The van der Waals surface area contributed by atoms with Gasteiger partial charge in [-0.3, -0.25) is 0 Å². The molecule has 0 saturated heterocycles. The Hall–Kier alpha value is -14.1. The number of pyridine rings is 2. The van der Waals surface area contributed by atoms with E-state index >= 15 is 0 Å². The molecule has 6 nitrogen and oxygen atoms in total. The lowest BCUT2D eigenvalue weighted by atomic mass is 9.96. The molecule has 0 unspecified atom stereocenters. The fourth-order valence-corrected chi connectivity index (χ4v) is 19.4. The Morgan fingerprint density at radius 1 is 0.168 bits per heavy atom. The molecule has 0 bridgehead atoms. The molecule has 7 aromatic heterocycles. The first kappa shape index (κ1) is 67.1. The Kier molecular flexibility index (Phi) is 17.1. The molecule has 0 radical (unpaired) electrons. The third-order valence-electron chi connectivity index (χ3n) is 21.4. The van der Waals surface area contributed by atoms with Crippen molar-refractivity contribution in [3.05, 3.63) is 388 Å². The Morgan fingerprint density at radius 3 is 1.02 bits per heavy atom. The number of thiophene rings is 3. The van der Waals surface area contributed by atoms with Crippen LogP contribution in [0.4, 0.5) is 0 Å². The van der Waals surface area contributed by atoms with Gasteiger partial charge in [-0.25, -0.2) is 29.9 Å². The summed E-state index contributed by atoms with van der Waals surface area (Å²) in [7, 11) is 0. The topological polar surface area (TPSA) is 77.3 Å². The summed E-state index contributed by atoms with van der Waals surface area (Å²) in [5, 5.41) is 9.99. The molecule has 0 atom stereocenters. The Bertz CT molecular complexity index is 7330. The first-order valence-electron chi connectivity index (χ1n) is 37.9. The fourth-order valence-electron chi connectivity index (χ4n) is 15.8. The minimum atomic E-state index is 0.698. The zero-order valence-corrected chi connectivity index (χ0v) is 63.3. The molecular formula is C104H64N6S3. The van der Waals surface area contributed by atoms with E-state index in [4.69, 9.17) is 29.9 Å². The summed E-state index contributed by atoms with van der Waals surface area (Å²) >= 11 is 5.49. The first-order valence-corrected chi connectivity index (χ1v) is 40.3. The van der Waals surface area contributed by atoms with Crippen LogP contribution < -0.4 is 0 Å². The van der Waals surface area contributed by atoms with Gasteiger partial charge in [-0.1, -0.05) is 315 Å². The quantitative estimate of drug-likeness (QED) is 0.121. The van der Waals surface area contributed by atoms with Crippen molar-refractivity contribution in [2.45, 2.75) is 0 Å². The highest BCUT2D eigenvalue weighted by atomic mass is 32.1. The van der Waals surface area contributed by atoms with Gasteiger partial charge in [0.2, 0.25) is 0 Å². The fraction of sp³-hybridized carbons (Fsp3) is 0. The average molecular weight is 1490 g/mol. The van der Waals surface area contributed by atoms with Gasteiger partial charge < -0.3 is 0 Å². The Morgan fingerprint density at radius 2 is 0.487 bits per heavy atom. The van der Waals surface area contributed by atoms with Gasteiger partial charge in [0.05, 0.1) is 54.6 Å². The molecule has 0 N–H and O–H groups in total. The number of fused-ring (bicyclic) bond motifs is 13. The van der Waals surface area contributed by atoms with E-state index in [0.717, 1.165) is 89.7 Å². The van der Waals surface area contributed by atoms with Crippen molar-refractivity contribution in [2.75, 3.05) is 0 Å². The maximum Gasteiger partial charge on any atom is 0.160 e. The van der Waals surface area contributed by atoms with Gasteiger partial charge in [0.1, 0.15) is 0 Å². The van der Waals surface area contributed by atoms with E-state index in [1.807, 2.05) is 82.5 Å². The summed E-state index contributed by atoms with van der Waals surface area (Å²) in [6, 6.07) is 137. The highest BCUT2D eigenvalue weighted by molar-refractivity contribution is 7.27. The lowest BCUT2D eigenvalue weighted by molar-refractivity contribution is 1.18. The van der Waals surface area contributed by atoms with Gasteiger partial charge in [-0.15, -0.1) is 34.0 Å². The van der Waals surface area contributed by atoms with Crippen LogP contribution in [0.2, 0.25) is 0 Å². The number of hydrogen-bond donors (Lipinski definition) is 0. The molecule has 0 spiro atoms. The summed E-state index contributed by atoms with van der Waals surface area (Å²) in [6.07, 6.45) is 0. The van der Waals surface area contributed by atoms with Crippen molar-refractivity contribution in [3.63, 3.8) is 0 Å². The van der Waals surface area contributed by atoms with Gasteiger partial charge in [0.15, 0.2) is 11.6 Å². The predicted molar refractivity (Wildman–Crippen MR) is 479 cm³/mol. The van der Waals surface area contributed by atoms with Crippen molar-refractivity contribution < 1.29 is 0 Å². The highest BCUT2D eigenvalue weighted by Crippen LogP contribution is 2.48. The molecule has 22 rings (SSSR count). The molecule has 0 aliphatic heterocycles. The number of benzene rings is 15. The normalized spacial score (nSPS) is 11.5. The van der Waals surface area contributed by atoms with Crippen LogP contribution in [0.15, 0.2) is 388 Å². The second-order valence-corrected chi connectivity index (χ2v) is 31.5. The van der Waals surface area contributed by atoms with E-state index in [9.17, 15) is 0 Å². The molecule has 0 aliphatic rings. The van der Waals surface area contributed by atoms with E-state index in [0.29, 0.717) is 11.6 Å². The third-order valence-corrected chi connectivity index (χ3v) is 24.9. The van der Waals surface area contributed by atoms with Crippen molar-refractivity contribution in [2.24, 2.45) is 0 Å². The van der Waals surface area contributed by atoms with Crippen LogP contribution in [0.3, 0.4) is 0 Å². The van der Waals surface area contributed by atoms with Gasteiger partial charge >= 0.3 is 0 Å². The Balaban J connectivity index is 0.000000143. The molecule has 113 heavy (non-hydrogen) atoms. The number of hydrogen-bond acceptors (Lipinski definition) is 9. The molecular weight excluding hydrogens is 1430 g/mol. The second-order valence-electron chi connectivity index (χ2n) is 28.3. The summed E-state index contributed by atoms with van der Waals surface area (Å²) in [5.74, 6) is 1.40. The standard InChI is InChI=1S/C55H35N3S.C49H29N3S2/c1-4-13-36(14-5-1)38-23-25-39(26-24-38)49-35-50(58-55(57-49)42-17-8-3-9-18-42)40-27-29-41(30-28-40)53-54-52(46-21-10-11-22-51(46)59-54)47-34-45(31-32-48(47)56-53)44-20-12-19-43(33-44)37-15-6-2-7-16-37;1-3-13-30(14-4-1)40-29-41(52-49(51-40)31-15-5-2-6-16-31)33-17-11-18-34(27-33)47-48-46(37-20-8-10-23-43(37)54-48)38-28-32(25-26-39(38)50-47)35-21-12-24-44-45(35)36-19-7-9-22-42(36)53-44/h1-35H;1-29H. The largest absolute Gasteiger partial charge is 0.246 e. The minimum absolute atomic E-state index is 0.698. The molecule has 9 heteroatoms. The van der Waals surface area contributed by atoms with Crippen LogP contribution >= 0.6 is 34.0 Å². The molecule has 0 saturated carbocycles. The summed E-state index contributed by atoms with van der Waals surface area (Å²) in [5.41, 5.74) is 25.3. The van der Waals surface area contributed by atoms with Gasteiger partial charge in [0.25, 0.3) is 0 Å². The summed E-state index contributed by atoms with van der Waals surface area (Å²) < 4.78 is 7.51. The van der Waals surface area contributed by atoms with Crippen LogP contribution in [0, 0.1) is 0 Å². The van der Waals surface area contributed by atoms with Crippen LogP contribution in [-0.2, 0) is 0 Å². The maximum absolute atomic E-state index is 5.45. The third kappa shape index (κ3) is 12.7. The van der Waals surface area contributed by atoms with Crippen LogP contribution in [-0.4, -0.2) is 29.9 Å². The average Bonchev–Trinajstić information content (AvgIpc) is 1.62. The molecule has 0 amide bonds. The maximum atomic E-state index is 5.45. The van der Waals surface area contributed by atoms with E-state index in [1.54, 1.807) is 0 Å². The van der Waals surface area contributed by atoms with Gasteiger partial charge in [-0.2, -0.15) is 0 Å². The van der Waals surface area contributed by atoms with Crippen molar-refractivity contribution in [3.8, 4) is 135 Å². The molecule has 22 aromatic rings. The SMILES string of the molecule is c1ccc(-c2cc(-c3cccc(-c4nc5ccc(-c6cccc7sc8ccccc8c67)cc5c5c4sc4ccccc45)c3)nc(-c3ccccc3)n2)cc1.c1ccc(-c2ccc(-c3cc(-c4ccc(-c5nc6ccc(-c7cccc(-c8ccccc8)c7)cc6c6c5sc5ccccc56)cc4)nc(-c4ccccc4)n3)cc2)cc1. The zero-order valence-electron chi connectivity index (χ0n) is 60.9. The van der Waals surface area contributed by atoms with Crippen LogP contribution in [0.1, 0.15) is 0 Å². The van der Waals surface area contributed by atoms with Crippen LogP contribution in [0.5, 0.6) is 0 Å². The van der Waals surface area contributed by atoms with Crippen molar-refractivity contribution in [1.29, 1.82) is 0 Å². The molecule has 7 heterocycles. The number of rotatable bonds is 12. The van der Waals surface area contributed by atoms with Gasteiger partial charge in [-0.05, 0) is 117 Å². The summed E-state index contributed by atoms with van der Waals surface area (Å²) in [4.78, 5) is 31.2. The molecule has 15 aromatic carbocycles. The van der Waals surface area contributed by atoms with Gasteiger partial charge in [0, 0.05) is 106 Å².